The van der Waals surface area contributed by atoms with Crippen molar-refractivity contribution >= 4 is 5.91 Å². The number of hydrogen-bond donors (Lipinski definition) is 1. The second-order valence-corrected chi connectivity index (χ2v) is 6.89. The Morgan fingerprint density at radius 1 is 1.21 bits per heavy atom. The first-order valence-corrected chi connectivity index (χ1v) is 8.17. The molecule has 1 unspecified atom stereocenters. The van der Waals surface area contributed by atoms with Crippen molar-refractivity contribution in [1.29, 1.82) is 0 Å². The Hall–Kier alpha value is -2.43. The van der Waals surface area contributed by atoms with Crippen LogP contribution in [0.4, 0.5) is 0 Å². The van der Waals surface area contributed by atoms with E-state index in [0.29, 0.717) is 5.69 Å². The van der Waals surface area contributed by atoms with Crippen molar-refractivity contribution in [2.75, 3.05) is 0 Å². The van der Waals surface area contributed by atoms with Crippen LogP contribution in [0.1, 0.15) is 38.4 Å². The standard InChI is InChI=1S/C19H25N3O2/c1-14-10-11-18(24)22(21-14)13-17(23)20-15(2)12-19(3,4)16-8-6-5-7-9-16/h5-11,15H,12-13H2,1-4H3,(H,20,23). The van der Waals surface area contributed by atoms with Gasteiger partial charge >= 0.3 is 0 Å². The third-order valence-electron chi connectivity index (χ3n) is 4.07. The molecular weight excluding hydrogens is 302 g/mol. The van der Waals surface area contributed by atoms with Gasteiger partial charge in [-0.15, -0.1) is 0 Å². The first kappa shape index (κ1) is 17.9. The quantitative estimate of drug-likeness (QED) is 0.886. The molecule has 1 aromatic carbocycles. The number of aryl methyl sites for hydroxylation is 1. The highest BCUT2D eigenvalue weighted by molar-refractivity contribution is 5.75. The van der Waals surface area contributed by atoms with Crippen molar-refractivity contribution in [2.24, 2.45) is 0 Å². The van der Waals surface area contributed by atoms with E-state index in [2.05, 4.69) is 36.4 Å². The monoisotopic (exact) mass is 327 g/mol. The molecule has 0 fully saturated rings. The minimum absolute atomic E-state index is 0.00628. The number of amides is 1. The lowest BCUT2D eigenvalue weighted by molar-refractivity contribution is -0.122. The molecule has 24 heavy (non-hydrogen) atoms. The van der Waals surface area contributed by atoms with Gasteiger partial charge in [-0.3, -0.25) is 9.59 Å². The normalized spacial score (nSPS) is 12.7. The summed E-state index contributed by atoms with van der Waals surface area (Å²) in [5.41, 5.74) is 1.63. The molecule has 1 N–H and O–H groups in total. The SMILES string of the molecule is Cc1ccc(=O)n(CC(=O)NC(C)CC(C)(C)c2ccccc2)n1. The first-order chi connectivity index (χ1) is 11.3. The molecule has 0 aliphatic carbocycles. The number of nitrogens with one attached hydrogen (secondary N) is 1. The lowest BCUT2D eigenvalue weighted by atomic mass is 9.79. The zero-order valence-corrected chi connectivity index (χ0v) is 14.7. The van der Waals surface area contributed by atoms with Crippen LogP contribution in [0.15, 0.2) is 47.3 Å². The molecule has 1 atom stereocenters. The van der Waals surface area contributed by atoms with Crippen molar-refractivity contribution in [1.82, 2.24) is 15.1 Å². The minimum atomic E-state index is -0.270. The summed E-state index contributed by atoms with van der Waals surface area (Å²) >= 11 is 0. The number of hydrogen-bond acceptors (Lipinski definition) is 3. The molecule has 0 radical (unpaired) electrons. The van der Waals surface area contributed by atoms with E-state index in [1.165, 1.54) is 16.3 Å². The van der Waals surface area contributed by atoms with Gasteiger partial charge in [-0.05, 0) is 37.3 Å². The molecule has 0 spiro atoms. The average Bonchev–Trinajstić information content (AvgIpc) is 2.51. The van der Waals surface area contributed by atoms with Crippen LogP contribution in [0.5, 0.6) is 0 Å². The molecule has 1 heterocycles. The number of rotatable bonds is 6. The van der Waals surface area contributed by atoms with Gasteiger partial charge in [0.1, 0.15) is 6.54 Å². The minimum Gasteiger partial charge on any atom is -0.352 e. The Bertz CT molecular complexity index is 751. The summed E-state index contributed by atoms with van der Waals surface area (Å²) < 4.78 is 1.19. The van der Waals surface area contributed by atoms with Crippen molar-refractivity contribution < 1.29 is 4.79 Å². The van der Waals surface area contributed by atoms with E-state index in [1.54, 1.807) is 13.0 Å². The molecule has 1 aromatic heterocycles. The van der Waals surface area contributed by atoms with E-state index in [1.807, 2.05) is 25.1 Å². The predicted molar refractivity (Wildman–Crippen MR) is 94.9 cm³/mol. The molecule has 0 bridgehead atoms. The zero-order valence-electron chi connectivity index (χ0n) is 14.7. The second-order valence-electron chi connectivity index (χ2n) is 6.89. The van der Waals surface area contributed by atoms with Crippen molar-refractivity contribution in [3.05, 3.63) is 64.1 Å². The Balaban J connectivity index is 1.96. The van der Waals surface area contributed by atoms with E-state index in [-0.39, 0.29) is 29.5 Å². The largest absolute Gasteiger partial charge is 0.352 e. The molecule has 0 aliphatic rings. The van der Waals surface area contributed by atoms with Crippen LogP contribution in [0.25, 0.3) is 0 Å². The fourth-order valence-electron chi connectivity index (χ4n) is 2.94. The third kappa shape index (κ3) is 4.78. The highest BCUT2D eigenvalue weighted by Crippen LogP contribution is 2.28. The Labute approximate surface area is 142 Å². The van der Waals surface area contributed by atoms with Gasteiger partial charge in [0.05, 0.1) is 5.69 Å². The molecule has 128 valence electrons. The van der Waals surface area contributed by atoms with Gasteiger partial charge in [-0.1, -0.05) is 44.2 Å². The van der Waals surface area contributed by atoms with Gasteiger partial charge in [-0.2, -0.15) is 5.10 Å². The summed E-state index contributed by atoms with van der Waals surface area (Å²) in [6.07, 6.45) is 0.804. The first-order valence-electron chi connectivity index (χ1n) is 8.17. The van der Waals surface area contributed by atoms with E-state index < -0.39 is 0 Å². The summed E-state index contributed by atoms with van der Waals surface area (Å²) in [4.78, 5) is 23.9. The number of carbonyl (C=O) groups is 1. The second kappa shape index (κ2) is 7.43. The van der Waals surface area contributed by atoms with Gasteiger partial charge in [0.2, 0.25) is 5.91 Å². The molecule has 1 amide bonds. The number of aromatic nitrogens is 2. The lowest BCUT2D eigenvalue weighted by Crippen LogP contribution is -2.40. The third-order valence-corrected chi connectivity index (χ3v) is 4.07. The van der Waals surface area contributed by atoms with Crippen LogP contribution in [-0.2, 0) is 16.8 Å². The van der Waals surface area contributed by atoms with Crippen LogP contribution in [-0.4, -0.2) is 21.7 Å². The molecule has 0 aliphatic heterocycles. The fourth-order valence-corrected chi connectivity index (χ4v) is 2.94. The van der Waals surface area contributed by atoms with Crippen molar-refractivity contribution in [3.63, 3.8) is 0 Å². The maximum absolute atomic E-state index is 12.2. The Morgan fingerprint density at radius 3 is 2.54 bits per heavy atom. The van der Waals surface area contributed by atoms with Gasteiger partial charge < -0.3 is 5.32 Å². The van der Waals surface area contributed by atoms with E-state index in [0.717, 1.165) is 6.42 Å². The Morgan fingerprint density at radius 2 is 1.88 bits per heavy atom. The molecule has 0 saturated heterocycles. The molecule has 5 nitrogen and oxygen atoms in total. The summed E-state index contributed by atoms with van der Waals surface area (Å²) in [7, 11) is 0. The zero-order chi connectivity index (χ0) is 17.7. The van der Waals surface area contributed by atoms with Gasteiger partial charge in [0.25, 0.3) is 5.56 Å². The maximum Gasteiger partial charge on any atom is 0.267 e. The molecule has 2 rings (SSSR count). The van der Waals surface area contributed by atoms with Gasteiger partial charge in [0, 0.05) is 12.1 Å². The summed E-state index contributed by atoms with van der Waals surface area (Å²) in [6.45, 7) is 8.04. The molecule has 2 aromatic rings. The average molecular weight is 327 g/mol. The maximum atomic E-state index is 12.2. The van der Waals surface area contributed by atoms with Crippen molar-refractivity contribution in [2.45, 2.75) is 52.1 Å². The summed E-state index contributed by atoms with van der Waals surface area (Å²) in [6, 6.07) is 13.3. The van der Waals surface area contributed by atoms with E-state index >= 15 is 0 Å². The molecular formula is C19H25N3O2. The van der Waals surface area contributed by atoms with E-state index in [9.17, 15) is 9.59 Å². The number of benzene rings is 1. The van der Waals surface area contributed by atoms with Crippen LogP contribution < -0.4 is 10.9 Å². The summed E-state index contributed by atoms with van der Waals surface area (Å²) in [5.74, 6) is -0.202. The summed E-state index contributed by atoms with van der Waals surface area (Å²) in [5, 5.41) is 7.05. The van der Waals surface area contributed by atoms with Crippen LogP contribution >= 0.6 is 0 Å². The predicted octanol–water partition coefficient (Wildman–Crippen LogP) is 2.42. The van der Waals surface area contributed by atoms with Crippen LogP contribution in [0, 0.1) is 6.92 Å². The lowest BCUT2D eigenvalue weighted by Gasteiger charge is -2.29. The number of carbonyl (C=O) groups excluding carboxylic acids is 1. The topological polar surface area (TPSA) is 64.0 Å². The van der Waals surface area contributed by atoms with Crippen LogP contribution in [0.2, 0.25) is 0 Å². The molecule has 0 saturated carbocycles. The van der Waals surface area contributed by atoms with Crippen LogP contribution in [0.3, 0.4) is 0 Å². The highest BCUT2D eigenvalue weighted by Gasteiger charge is 2.24. The molecule has 5 heteroatoms. The number of nitrogens with zero attached hydrogens (tertiary/aromatic N) is 2. The van der Waals surface area contributed by atoms with Crippen molar-refractivity contribution in [3.8, 4) is 0 Å². The van der Waals surface area contributed by atoms with Gasteiger partial charge in [-0.25, -0.2) is 4.68 Å². The van der Waals surface area contributed by atoms with Gasteiger partial charge in [0.15, 0.2) is 0 Å². The highest BCUT2D eigenvalue weighted by atomic mass is 16.2. The van der Waals surface area contributed by atoms with E-state index in [4.69, 9.17) is 0 Å². The smallest absolute Gasteiger partial charge is 0.267 e. The Kier molecular flexibility index (Phi) is 5.54. The fraction of sp³-hybridized carbons (Fsp3) is 0.421.